The van der Waals surface area contributed by atoms with Crippen molar-refractivity contribution in [2.45, 2.75) is 13.8 Å². The lowest BCUT2D eigenvalue weighted by atomic mass is 9.90. The van der Waals surface area contributed by atoms with Gasteiger partial charge in [-0.3, -0.25) is 9.59 Å². The van der Waals surface area contributed by atoms with Gasteiger partial charge in [-0.25, -0.2) is 0 Å². The molecule has 0 atom stereocenters. The van der Waals surface area contributed by atoms with Crippen molar-refractivity contribution in [1.82, 2.24) is 0 Å². The average Bonchev–Trinajstić information content (AvgIpc) is 2.58. The maximum absolute atomic E-state index is 12.5. The van der Waals surface area contributed by atoms with E-state index in [1.165, 1.54) is 19.9 Å². The van der Waals surface area contributed by atoms with Gasteiger partial charge in [-0.1, -0.05) is 23.2 Å². The Kier molecular flexibility index (Phi) is 5.68. The van der Waals surface area contributed by atoms with E-state index in [0.717, 1.165) is 0 Å². The first kappa shape index (κ1) is 18.8. The number of nitrogens with zero attached hydrogens (tertiary/aromatic N) is 1. The smallest absolute Gasteiger partial charge is 0.239 e. The van der Waals surface area contributed by atoms with Gasteiger partial charge in [-0.15, -0.1) is 0 Å². The molecule has 0 aromatic heterocycles. The molecule has 0 unspecified atom stereocenters. The zero-order valence-electron chi connectivity index (χ0n) is 13.6. The first-order valence-electron chi connectivity index (χ1n) is 7.32. The molecule has 2 rings (SSSR count). The van der Waals surface area contributed by atoms with Crippen LogP contribution in [0.1, 0.15) is 19.4 Å². The highest BCUT2D eigenvalue weighted by Gasteiger charge is 2.36. The zero-order chi connectivity index (χ0) is 18.6. The molecule has 0 fully saturated rings. The monoisotopic (exact) mass is 375 g/mol. The first-order chi connectivity index (χ1) is 11.7. The second-order valence-corrected chi connectivity index (χ2v) is 6.69. The largest absolute Gasteiger partial charge is 0.325 e. The van der Waals surface area contributed by atoms with Crippen LogP contribution in [0.15, 0.2) is 42.5 Å². The van der Waals surface area contributed by atoms with Crippen molar-refractivity contribution in [3.8, 4) is 6.07 Å². The van der Waals surface area contributed by atoms with Crippen molar-refractivity contribution in [3.63, 3.8) is 0 Å². The molecule has 25 heavy (non-hydrogen) atoms. The fourth-order valence-electron chi connectivity index (χ4n) is 1.89. The number of rotatable bonds is 4. The van der Waals surface area contributed by atoms with E-state index in [4.69, 9.17) is 28.5 Å². The molecule has 0 aliphatic heterocycles. The van der Waals surface area contributed by atoms with Gasteiger partial charge in [0.1, 0.15) is 5.41 Å². The SMILES string of the molecule is CC(C)(C(=O)Nc1ccc(C#N)cc1)C(=O)Nc1cc(Cl)ccc1Cl. The molecule has 2 N–H and O–H groups in total. The molecule has 0 aliphatic carbocycles. The molecule has 0 radical (unpaired) electrons. The topological polar surface area (TPSA) is 82.0 Å². The third-order valence-electron chi connectivity index (χ3n) is 3.58. The molecule has 0 saturated carbocycles. The molecule has 128 valence electrons. The highest BCUT2D eigenvalue weighted by atomic mass is 35.5. The normalized spacial score (nSPS) is 10.7. The summed E-state index contributed by atoms with van der Waals surface area (Å²) in [4.78, 5) is 25.0. The summed E-state index contributed by atoms with van der Waals surface area (Å²) < 4.78 is 0. The molecule has 0 bridgehead atoms. The third kappa shape index (κ3) is 4.50. The fourth-order valence-corrected chi connectivity index (χ4v) is 2.23. The third-order valence-corrected chi connectivity index (χ3v) is 4.15. The Morgan fingerprint density at radius 1 is 1.00 bits per heavy atom. The molecule has 0 heterocycles. The Bertz CT molecular complexity index is 856. The van der Waals surface area contributed by atoms with Crippen molar-refractivity contribution < 1.29 is 9.59 Å². The number of benzene rings is 2. The summed E-state index contributed by atoms with van der Waals surface area (Å²) in [6.07, 6.45) is 0. The van der Waals surface area contributed by atoms with Crippen LogP contribution in [0.2, 0.25) is 10.0 Å². The first-order valence-corrected chi connectivity index (χ1v) is 8.08. The lowest BCUT2D eigenvalue weighted by Gasteiger charge is -2.23. The number of carbonyl (C=O) groups is 2. The fraction of sp³-hybridized carbons (Fsp3) is 0.167. The lowest BCUT2D eigenvalue weighted by molar-refractivity contribution is -0.135. The number of carbonyl (C=O) groups excluding carboxylic acids is 2. The van der Waals surface area contributed by atoms with Crippen LogP contribution in [0.5, 0.6) is 0 Å². The van der Waals surface area contributed by atoms with E-state index < -0.39 is 17.2 Å². The molecule has 2 aromatic carbocycles. The predicted molar refractivity (Wildman–Crippen MR) is 98.7 cm³/mol. The van der Waals surface area contributed by atoms with E-state index in [9.17, 15) is 9.59 Å². The van der Waals surface area contributed by atoms with Gasteiger partial charge in [0, 0.05) is 10.7 Å². The molecule has 2 amide bonds. The summed E-state index contributed by atoms with van der Waals surface area (Å²) in [6.45, 7) is 3.00. The summed E-state index contributed by atoms with van der Waals surface area (Å²) in [5.74, 6) is -1.02. The van der Waals surface area contributed by atoms with Crippen LogP contribution in [0.3, 0.4) is 0 Å². The van der Waals surface area contributed by atoms with Crippen LogP contribution in [0, 0.1) is 16.7 Å². The van der Waals surface area contributed by atoms with Gasteiger partial charge in [0.05, 0.1) is 22.3 Å². The highest BCUT2D eigenvalue weighted by molar-refractivity contribution is 6.36. The van der Waals surface area contributed by atoms with E-state index >= 15 is 0 Å². The summed E-state index contributed by atoms with van der Waals surface area (Å²) in [5, 5.41) is 14.8. The number of nitrogens with one attached hydrogen (secondary N) is 2. The summed E-state index contributed by atoms with van der Waals surface area (Å²) in [6, 6.07) is 13.0. The van der Waals surface area contributed by atoms with Crippen LogP contribution >= 0.6 is 23.2 Å². The minimum absolute atomic E-state index is 0.320. The van der Waals surface area contributed by atoms with Gasteiger partial charge >= 0.3 is 0 Å². The number of amides is 2. The molecular formula is C18H15Cl2N3O2. The van der Waals surface area contributed by atoms with Crippen LogP contribution in [-0.2, 0) is 9.59 Å². The minimum atomic E-state index is -1.36. The van der Waals surface area contributed by atoms with Gasteiger partial charge in [-0.05, 0) is 56.3 Å². The van der Waals surface area contributed by atoms with Crippen molar-refractivity contribution in [2.75, 3.05) is 10.6 Å². The number of hydrogen-bond donors (Lipinski definition) is 2. The molecule has 5 nitrogen and oxygen atoms in total. The number of halogens is 2. The quantitative estimate of drug-likeness (QED) is 0.773. The number of anilines is 2. The van der Waals surface area contributed by atoms with Gasteiger partial charge in [0.2, 0.25) is 11.8 Å². The average molecular weight is 376 g/mol. The Labute approximate surface area is 155 Å². The summed E-state index contributed by atoms with van der Waals surface area (Å²) in [7, 11) is 0. The maximum Gasteiger partial charge on any atom is 0.239 e. The predicted octanol–water partition coefficient (Wildman–Crippen LogP) is 4.47. The van der Waals surface area contributed by atoms with Crippen molar-refractivity contribution >= 4 is 46.4 Å². The Balaban J connectivity index is 2.12. The molecule has 0 spiro atoms. The minimum Gasteiger partial charge on any atom is -0.325 e. The zero-order valence-corrected chi connectivity index (χ0v) is 15.1. The van der Waals surface area contributed by atoms with E-state index in [0.29, 0.717) is 27.0 Å². The maximum atomic E-state index is 12.5. The van der Waals surface area contributed by atoms with E-state index in [1.54, 1.807) is 36.4 Å². The Morgan fingerprint density at radius 2 is 1.60 bits per heavy atom. The van der Waals surface area contributed by atoms with Gasteiger partial charge in [-0.2, -0.15) is 5.26 Å². The van der Waals surface area contributed by atoms with E-state index in [-0.39, 0.29) is 0 Å². The summed E-state index contributed by atoms with van der Waals surface area (Å²) in [5.41, 5.74) is -0.0609. The lowest BCUT2D eigenvalue weighted by Crippen LogP contribution is -2.41. The van der Waals surface area contributed by atoms with Crippen molar-refractivity contribution in [2.24, 2.45) is 5.41 Å². The van der Waals surface area contributed by atoms with Gasteiger partial charge < -0.3 is 10.6 Å². The Morgan fingerprint density at radius 3 is 2.20 bits per heavy atom. The van der Waals surface area contributed by atoms with Crippen LogP contribution < -0.4 is 10.6 Å². The van der Waals surface area contributed by atoms with Crippen LogP contribution in [0.25, 0.3) is 0 Å². The van der Waals surface area contributed by atoms with Gasteiger partial charge in [0.25, 0.3) is 0 Å². The summed E-state index contributed by atoms with van der Waals surface area (Å²) >= 11 is 11.9. The second kappa shape index (κ2) is 7.56. The van der Waals surface area contributed by atoms with E-state index in [1.807, 2.05) is 6.07 Å². The number of nitriles is 1. The van der Waals surface area contributed by atoms with Crippen molar-refractivity contribution in [3.05, 3.63) is 58.1 Å². The van der Waals surface area contributed by atoms with Gasteiger partial charge in [0.15, 0.2) is 0 Å². The van der Waals surface area contributed by atoms with Crippen LogP contribution in [0.4, 0.5) is 11.4 Å². The highest BCUT2D eigenvalue weighted by Crippen LogP contribution is 2.28. The molecule has 7 heteroatoms. The molecule has 2 aromatic rings. The standard InChI is InChI=1S/C18H15Cl2N3O2/c1-18(2,16(24)22-13-6-3-11(10-21)4-7-13)17(25)23-15-9-12(19)5-8-14(15)20/h3-9H,1-2H3,(H,22,24)(H,23,25). The molecule has 0 saturated heterocycles. The molecular weight excluding hydrogens is 361 g/mol. The number of hydrogen-bond acceptors (Lipinski definition) is 3. The van der Waals surface area contributed by atoms with E-state index in [2.05, 4.69) is 10.6 Å². The van der Waals surface area contributed by atoms with Crippen LogP contribution in [-0.4, -0.2) is 11.8 Å². The second-order valence-electron chi connectivity index (χ2n) is 5.85. The Hall–Kier alpha value is -2.55. The molecule has 0 aliphatic rings. The van der Waals surface area contributed by atoms with Crippen molar-refractivity contribution in [1.29, 1.82) is 5.26 Å².